The Labute approximate surface area is 125 Å². The van der Waals surface area contributed by atoms with Crippen molar-refractivity contribution in [1.29, 1.82) is 0 Å². The molecule has 1 fully saturated rings. The van der Waals surface area contributed by atoms with Gasteiger partial charge < -0.3 is 14.9 Å². The highest BCUT2D eigenvalue weighted by molar-refractivity contribution is 5.66. The number of piperidine rings is 1. The van der Waals surface area contributed by atoms with Gasteiger partial charge in [0.1, 0.15) is 0 Å². The maximum absolute atomic E-state index is 10.6. The van der Waals surface area contributed by atoms with Crippen LogP contribution < -0.4 is 4.74 Å². The topological polar surface area (TPSA) is 70.0 Å². The average Bonchev–Trinajstić information content (AvgIpc) is 2.47. The molecular weight excluding hydrogens is 270 g/mol. The standard InChI is InChI=1S/C16H23NO4/c1-21-15-4-2-13(10-14(15)18)11-17-8-6-12(7-9-17)3-5-16(19)20/h2,4,10,12,18H,3,5-9,11H2,1H3,(H,19,20). The van der Waals surface area contributed by atoms with E-state index in [-0.39, 0.29) is 12.2 Å². The number of carboxylic acids is 1. The van der Waals surface area contributed by atoms with Crippen LogP contribution in [0.25, 0.3) is 0 Å². The number of nitrogens with zero attached hydrogens (tertiary/aromatic N) is 1. The molecule has 0 amide bonds. The van der Waals surface area contributed by atoms with E-state index in [0.29, 0.717) is 11.7 Å². The molecule has 0 radical (unpaired) electrons. The molecule has 0 aromatic heterocycles. The molecule has 1 aromatic carbocycles. The first kappa shape index (κ1) is 15.6. The van der Waals surface area contributed by atoms with Crippen LogP contribution in [0.4, 0.5) is 0 Å². The zero-order chi connectivity index (χ0) is 15.2. The second-order valence-corrected chi connectivity index (χ2v) is 5.66. The Kier molecular flexibility index (Phi) is 5.44. The number of aromatic hydroxyl groups is 1. The van der Waals surface area contributed by atoms with Crippen molar-refractivity contribution < 1.29 is 19.7 Å². The minimum Gasteiger partial charge on any atom is -0.504 e. The number of aliphatic carboxylic acids is 1. The highest BCUT2D eigenvalue weighted by atomic mass is 16.5. The van der Waals surface area contributed by atoms with Crippen LogP contribution in [0.2, 0.25) is 0 Å². The minimum atomic E-state index is -0.703. The largest absolute Gasteiger partial charge is 0.504 e. The van der Waals surface area contributed by atoms with Crippen molar-refractivity contribution in [2.45, 2.75) is 32.2 Å². The lowest BCUT2D eigenvalue weighted by molar-refractivity contribution is -0.137. The first-order chi connectivity index (χ1) is 10.1. The lowest BCUT2D eigenvalue weighted by Crippen LogP contribution is -2.33. The van der Waals surface area contributed by atoms with Gasteiger partial charge in [0, 0.05) is 13.0 Å². The first-order valence-electron chi connectivity index (χ1n) is 7.38. The summed E-state index contributed by atoms with van der Waals surface area (Å²) in [5.74, 6) is 0.491. The molecule has 116 valence electrons. The summed E-state index contributed by atoms with van der Waals surface area (Å²) in [5.41, 5.74) is 1.07. The number of phenolic OH excluding ortho intramolecular Hbond substituents is 1. The molecule has 1 aliphatic rings. The van der Waals surface area contributed by atoms with E-state index < -0.39 is 5.97 Å². The molecular formula is C16H23NO4. The fraction of sp³-hybridized carbons (Fsp3) is 0.562. The van der Waals surface area contributed by atoms with Gasteiger partial charge in [0.2, 0.25) is 0 Å². The van der Waals surface area contributed by atoms with E-state index in [1.54, 1.807) is 12.1 Å². The Morgan fingerprint density at radius 2 is 2.10 bits per heavy atom. The number of ether oxygens (including phenoxy) is 1. The summed E-state index contributed by atoms with van der Waals surface area (Å²) in [7, 11) is 1.54. The summed E-state index contributed by atoms with van der Waals surface area (Å²) in [6.07, 6.45) is 3.16. The van der Waals surface area contributed by atoms with Gasteiger partial charge in [-0.2, -0.15) is 0 Å². The Hall–Kier alpha value is -1.75. The number of rotatable bonds is 6. The Balaban J connectivity index is 1.80. The van der Waals surface area contributed by atoms with E-state index in [1.165, 1.54) is 7.11 Å². The van der Waals surface area contributed by atoms with Crippen molar-refractivity contribution in [2.75, 3.05) is 20.2 Å². The second kappa shape index (κ2) is 7.31. The monoisotopic (exact) mass is 293 g/mol. The van der Waals surface area contributed by atoms with E-state index >= 15 is 0 Å². The van der Waals surface area contributed by atoms with Gasteiger partial charge in [-0.05, 0) is 56.0 Å². The van der Waals surface area contributed by atoms with Crippen LogP contribution in [-0.4, -0.2) is 41.3 Å². The van der Waals surface area contributed by atoms with Gasteiger partial charge in [-0.1, -0.05) is 6.07 Å². The zero-order valence-corrected chi connectivity index (χ0v) is 12.4. The molecule has 0 aliphatic carbocycles. The molecule has 1 heterocycles. The Bertz CT molecular complexity index is 481. The molecule has 5 heteroatoms. The molecule has 0 bridgehead atoms. The number of carboxylic acid groups (broad SMARTS) is 1. The highest BCUT2D eigenvalue weighted by Crippen LogP contribution is 2.28. The van der Waals surface area contributed by atoms with E-state index in [2.05, 4.69) is 4.90 Å². The number of benzene rings is 1. The molecule has 1 aliphatic heterocycles. The molecule has 1 aromatic rings. The third kappa shape index (κ3) is 4.63. The SMILES string of the molecule is COc1ccc(CN2CCC(CCC(=O)O)CC2)cc1O. The summed E-state index contributed by atoms with van der Waals surface area (Å²) in [6, 6.07) is 5.49. The molecule has 1 saturated heterocycles. The van der Waals surface area contributed by atoms with E-state index in [9.17, 15) is 9.90 Å². The molecule has 2 rings (SSSR count). The van der Waals surface area contributed by atoms with Gasteiger partial charge >= 0.3 is 5.97 Å². The van der Waals surface area contributed by atoms with Crippen molar-refractivity contribution in [3.8, 4) is 11.5 Å². The number of hydrogen-bond acceptors (Lipinski definition) is 4. The van der Waals surface area contributed by atoms with E-state index in [1.807, 2.05) is 6.07 Å². The third-order valence-electron chi connectivity index (χ3n) is 4.12. The lowest BCUT2D eigenvalue weighted by atomic mass is 9.92. The number of carbonyl (C=O) groups is 1. The van der Waals surface area contributed by atoms with Crippen LogP contribution in [0.3, 0.4) is 0 Å². The van der Waals surface area contributed by atoms with Crippen molar-refractivity contribution in [1.82, 2.24) is 4.90 Å². The van der Waals surface area contributed by atoms with Crippen molar-refractivity contribution >= 4 is 5.97 Å². The molecule has 5 nitrogen and oxygen atoms in total. The van der Waals surface area contributed by atoms with Crippen molar-refractivity contribution in [3.05, 3.63) is 23.8 Å². The van der Waals surface area contributed by atoms with Crippen LogP contribution in [0.5, 0.6) is 11.5 Å². The van der Waals surface area contributed by atoms with Crippen LogP contribution in [-0.2, 0) is 11.3 Å². The zero-order valence-electron chi connectivity index (χ0n) is 12.4. The van der Waals surface area contributed by atoms with Crippen molar-refractivity contribution in [2.24, 2.45) is 5.92 Å². The molecule has 0 unspecified atom stereocenters. The lowest BCUT2D eigenvalue weighted by Gasteiger charge is -2.31. The predicted octanol–water partition coefficient (Wildman–Crippen LogP) is 2.48. The molecule has 0 atom stereocenters. The van der Waals surface area contributed by atoms with E-state index in [4.69, 9.17) is 9.84 Å². The number of phenols is 1. The number of hydrogen-bond donors (Lipinski definition) is 2. The minimum absolute atomic E-state index is 0.173. The summed E-state index contributed by atoms with van der Waals surface area (Å²) in [4.78, 5) is 12.9. The maximum atomic E-state index is 10.6. The van der Waals surface area contributed by atoms with Gasteiger partial charge in [-0.15, -0.1) is 0 Å². The van der Waals surface area contributed by atoms with Crippen LogP contribution in [0, 0.1) is 5.92 Å². The second-order valence-electron chi connectivity index (χ2n) is 5.66. The molecule has 0 saturated carbocycles. The van der Waals surface area contributed by atoms with Crippen LogP contribution in [0.15, 0.2) is 18.2 Å². The molecule has 21 heavy (non-hydrogen) atoms. The summed E-state index contributed by atoms with van der Waals surface area (Å²) in [6.45, 7) is 2.78. The normalized spacial score (nSPS) is 16.8. The van der Waals surface area contributed by atoms with Gasteiger partial charge in [0.05, 0.1) is 7.11 Å². The van der Waals surface area contributed by atoms with Gasteiger partial charge in [-0.3, -0.25) is 9.69 Å². The van der Waals surface area contributed by atoms with Gasteiger partial charge in [-0.25, -0.2) is 0 Å². The van der Waals surface area contributed by atoms with Gasteiger partial charge in [0.15, 0.2) is 11.5 Å². The number of methoxy groups -OCH3 is 1. The smallest absolute Gasteiger partial charge is 0.303 e. The van der Waals surface area contributed by atoms with Crippen molar-refractivity contribution in [3.63, 3.8) is 0 Å². The molecule has 2 N–H and O–H groups in total. The fourth-order valence-electron chi connectivity index (χ4n) is 2.85. The van der Waals surface area contributed by atoms with E-state index in [0.717, 1.165) is 44.5 Å². The number of likely N-dealkylation sites (tertiary alicyclic amines) is 1. The highest BCUT2D eigenvalue weighted by Gasteiger charge is 2.20. The molecule has 0 spiro atoms. The summed E-state index contributed by atoms with van der Waals surface area (Å²) in [5, 5.41) is 18.5. The van der Waals surface area contributed by atoms with Gasteiger partial charge in [0.25, 0.3) is 0 Å². The quantitative estimate of drug-likeness (QED) is 0.843. The Morgan fingerprint density at radius 3 is 2.67 bits per heavy atom. The maximum Gasteiger partial charge on any atom is 0.303 e. The van der Waals surface area contributed by atoms with Crippen LogP contribution in [0.1, 0.15) is 31.2 Å². The predicted molar refractivity (Wildman–Crippen MR) is 79.5 cm³/mol. The summed E-state index contributed by atoms with van der Waals surface area (Å²) < 4.78 is 5.04. The van der Waals surface area contributed by atoms with Crippen LogP contribution >= 0.6 is 0 Å². The summed E-state index contributed by atoms with van der Waals surface area (Å²) >= 11 is 0. The average molecular weight is 293 g/mol. The first-order valence-corrected chi connectivity index (χ1v) is 7.38. The third-order valence-corrected chi connectivity index (χ3v) is 4.12. The fourth-order valence-corrected chi connectivity index (χ4v) is 2.85. The Morgan fingerprint density at radius 1 is 1.38 bits per heavy atom.